The summed E-state index contributed by atoms with van der Waals surface area (Å²) in [6, 6.07) is 16.3. The lowest BCUT2D eigenvalue weighted by molar-refractivity contribution is 0.102. The van der Waals surface area contributed by atoms with Crippen molar-refractivity contribution in [2.45, 2.75) is 32.6 Å². The molecule has 9 heteroatoms. The van der Waals surface area contributed by atoms with E-state index in [-0.39, 0.29) is 17.7 Å². The highest BCUT2D eigenvalue weighted by atomic mass is 32.2. The van der Waals surface area contributed by atoms with Crippen molar-refractivity contribution in [3.05, 3.63) is 77.5 Å². The summed E-state index contributed by atoms with van der Waals surface area (Å²) >= 11 is 0. The molecule has 0 aliphatic rings. The van der Waals surface area contributed by atoms with Gasteiger partial charge in [0.1, 0.15) is 0 Å². The summed E-state index contributed by atoms with van der Waals surface area (Å²) in [7, 11) is -3.62. The van der Waals surface area contributed by atoms with Gasteiger partial charge >= 0.3 is 0 Å². The van der Waals surface area contributed by atoms with Crippen LogP contribution in [-0.2, 0) is 15.8 Å². The van der Waals surface area contributed by atoms with Gasteiger partial charge in [-0.15, -0.1) is 0 Å². The number of aryl methyl sites for hydroxylation is 1. The zero-order chi connectivity index (χ0) is 23.8. The fraction of sp³-hybridized carbons (Fsp3) is 0.208. The van der Waals surface area contributed by atoms with Gasteiger partial charge in [-0.1, -0.05) is 36.4 Å². The van der Waals surface area contributed by atoms with Gasteiger partial charge in [0.05, 0.1) is 28.6 Å². The predicted molar refractivity (Wildman–Crippen MR) is 129 cm³/mol. The normalized spacial score (nSPS) is 11.8. The van der Waals surface area contributed by atoms with Gasteiger partial charge in [0, 0.05) is 17.3 Å². The van der Waals surface area contributed by atoms with Crippen LogP contribution in [0.3, 0.4) is 0 Å². The molecule has 0 saturated heterocycles. The Morgan fingerprint density at radius 3 is 2.45 bits per heavy atom. The average Bonchev–Trinajstić information content (AvgIpc) is 3.18. The number of carbonyl (C=O) groups is 1. The number of hydrogen-bond donors (Lipinski definition) is 2. The maximum atomic E-state index is 13.3. The Balaban J connectivity index is 1.74. The number of sulfonamides is 1. The third kappa shape index (κ3) is 4.94. The smallest absolute Gasteiger partial charge is 0.256 e. The lowest BCUT2D eigenvalue weighted by Gasteiger charge is -2.12. The molecule has 4 rings (SSSR count). The van der Waals surface area contributed by atoms with Crippen molar-refractivity contribution in [1.82, 2.24) is 14.8 Å². The molecule has 0 radical (unpaired) electrons. The van der Waals surface area contributed by atoms with Crippen molar-refractivity contribution < 1.29 is 13.2 Å². The molecular formula is C24H25N5O3S. The monoisotopic (exact) mass is 463 g/mol. The molecule has 4 aromatic rings. The molecule has 33 heavy (non-hydrogen) atoms. The third-order valence-electron chi connectivity index (χ3n) is 5.30. The van der Waals surface area contributed by atoms with Gasteiger partial charge in [0.15, 0.2) is 5.65 Å². The van der Waals surface area contributed by atoms with Gasteiger partial charge in [-0.2, -0.15) is 5.10 Å². The SMILES string of the molecule is Cc1ccccc1-c1cc(C(=O)Nc2ccc(CS(N)(=O)=O)cc2)c2cnn(C(C)C)c2n1. The lowest BCUT2D eigenvalue weighted by Crippen LogP contribution is -2.15. The van der Waals surface area contributed by atoms with Gasteiger partial charge < -0.3 is 5.32 Å². The quantitative estimate of drug-likeness (QED) is 0.447. The number of amides is 1. The standard InChI is InChI=1S/C24H25N5O3S/c1-15(2)29-23-21(13-26-29)20(12-22(28-23)19-7-5-4-6-16(19)3)24(30)27-18-10-8-17(9-11-18)14-33(25,31)32/h4-13,15H,14H2,1-3H3,(H,27,30)(H2,25,31,32). The van der Waals surface area contributed by atoms with Crippen molar-refractivity contribution in [1.29, 1.82) is 0 Å². The second-order valence-corrected chi connectivity index (χ2v) is 9.86. The number of primary sulfonamides is 1. The molecule has 2 aromatic heterocycles. The van der Waals surface area contributed by atoms with Crippen LogP contribution in [0.25, 0.3) is 22.3 Å². The fourth-order valence-electron chi connectivity index (χ4n) is 3.70. The topological polar surface area (TPSA) is 120 Å². The van der Waals surface area contributed by atoms with E-state index in [2.05, 4.69) is 10.4 Å². The van der Waals surface area contributed by atoms with E-state index < -0.39 is 10.0 Å². The zero-order valence-electron chi connectivity index (χ0n) is 18.6. The summed E-state index contributed by atoms with van der Waals surface area (Å²) in [5, 5.41) is 13.1. The van der Waals surface area contributed by atoms with Crippen LogP contribution in [0.15, 0.2) is 60.8 Å². The molecule has 0 saturated carbocycles. The second kappa shape index (κ2) is 8.76. The van der Waals surface area contributed by atoms with E-state index in [1.54, 1.807) is 41.2 Å². The Kier molecular flexibility index (Phi) is 6.01. The largest absolute Gasteiger partial charge is 0.322 e. The lowest BCUT2D eigenvalue weighted by atomic mass is 10.0. The van der Waals surface area contributed by atoms with E-state index in [1.165, 1.54) is 0 Å². The molecule has 1 amide bonds. The summed E-state index contributed by atoms with van der Waals surface area (Å²) in [5.74, 6) is -0.569. The van der Waals surface area contributed by atoms with Crippen LogP contribution in [0.2, 0.25) is 0 Å². The summed E-state index contributed by atoms with van der Waals surface area (Å²) < 4.78 is 24.4. The average molecular weight is 464 g/mol. The van der Waals surface area contributed by atoms with Crippen molar-refractivity contribution in [2.24, 2.45) is 5.14 Å². The highest BCUT2D eigenvalue weighted by Gasteiger charge is 2.19. The maximum Gasteiger partial charge on any atom is 0.256 e. The van der Waals surface area contributed by atoms with Crippen LogP contribution in [0.5, 0.6) is 0 Å². The van der Waals surface area contributed by atoms with Gasteiger partial charge in [0.2, 0.25) is 10.0 Å². The number of benzene rings is 2. The predicted octanol–water partition coefficient (Wildman–Crippen LogP) is 4.03. The highest BCUT2D eigenvalue weighted by Crippen LogP contribution is 2.28. The zero-order valence-corrected chi connectivity index (χ0v) is 19.4. The number of fused-ring (bicyclic) bond motifs is 1. The molecule has 0 atom stereocenters. The van der Waals surface area contributed by atoms with E-state index in [9.17, 15) is 13.2 Å². The van der Waals surface area contributed by atoms with E-state index in [4.69, 9.17) is 10.1 Å². The van der Waals surface area contributed by atoms with Gasteiger partial charge in [-0.3, -0.25) is 4.79 Å². The molecule has 0 aliphatic carbocycles. The van der Waals surface area contributed by atoms with Crippen LogP contribution in [0.4, 0.5) is 5.69 Å². The Hall–Kier alpha value is -3.56. The minimum absolute atomic E-state index is 0.0735. The van der Waals surface area contributed by atoms with E-state index >= 15 is 0 Å². The number of nitrogens with zero attached hydrogens (tertiary/aromatic N) is 3. The van der Waals surface area contributed by atoms with Crippen LogP contribution in [0, 0.1) is 6.92 Å². The molecule has 0 aliphatic heterocycles. The van der Waals surface area contributed by atoms with Crippen LogP contribution < -0.4 is 10.5 Å². The number of pyridine rings is 1. The van der Waals surface area contributed by atoms with Crippen molar-refractivity contribution in [3.63, 3.8) is 0 Å². The van der Waals surface area contributed by atoms with Crippen molar-refractivity contribution >= 4 is 32.7 Å². The van der Waals surface area contributed by atoms with Crippen molar-refractivity contribution in [3.8, 4) is 11.3 Å². The fourth-order valence-corrected chi connectivity index (χ4v) is 4.35. The minimum atomic E-state index is -3.62. The number of aromatic nitrogens is 3. The molecule has 8 nitrogen and oxygen atoms in total. The Morgan fingerprint density at radius 1 is 1.12 bits per heavy atom. The highest BCUT2D eigenvalue weighted by molar-refractivity contribution is 7.88. The molecule has 0 unspecified atom stereocenters. The van der Waals surface area contributed by atoms with Crippen LogP contribution >= 0.6 is 0 Å². The first-order valence-corrected chi connectivity index (χ1v) is 12.2. The van der Waals surface area contributed by atoms with E-state index in [0.29, 0.717) is 33.5 Å². The summed E-state index contributed by atoms with van der Waals surface area (Å²) in [4.78, 5) is 18.1. The van der Waals surface area contributed by atoms with Gasteiger partial charge in [-0.05, 0) is 50.1 Å². The van der Waals surface area contributed by atoms with Crippen LogP contribution in [-0.4, -0.2) is 29.1 Å². The first kappa shape index (κ1) is 22.6. The maximum absolute atomic E-state index is 13.3. The molecule has 2 heterocycles. The molecule has 170 valence electrons. The Morgan fingerprint density at radius 2 is 1.82 bits per heavy atom. The molecular weight excluding hydrogens is 438 g/mol. The molecule has 0 spiro atoms. The number of hydrogen-bond acceptors (Lipinski definition) is 5. The Bertz CT molecular complexity index is 1440. The number of carbonyl (C=O) groups excluding carboxylic acids is 1. The third-order valence-corrected chi connectivity index (χ3v) is 6.04. The van der Waals surface area contributed by atoms with Crippen LogP contribution in [0.1, 0.15) is 41.4 Å². The molecule has 2 aromatic carbocycles. The number of rotatable bonds is 6. The van der Waals surface area contributed by atoms with E-state index in [0.717, 1.165) is 11.1 Å². The molecule has 0 fully saturated rings. The summed E-state index contributed by atoms with van der Waals surface area (Å²) in [6.07, 6.45) is 1.66. The summed E-state index contributed by atoms with van der Waals surface area (Å²) in [5.41, 5.74) is 4.86. The number of nitrogens with two attached hydrogens (primary N) is 1. The number of nitrogens with one attached hydrogen (secondary N) is 1. The molecule has 3 N–H and O–H groups in total. The van der Waals surface area contributed by atoms with E-state index in [1.807, 2.05) is 45.0 Å². The molecule has 0 bridgehead atoms. The first-order chi connectivity index (χ1) is 15.6. The van der Waals surface area contributed by atoms with Crippen molar-refractivity contribution in [2.75, 3.05) is 5.32 Å². The summed E-state index contributed by atoms with van der Waals surface area (Å²) in [6.45, 7) is 6.03. The Labute approximate surface area is 192 Å². The van der Waals surface area contributed by atoms with Gasteiger partial charge in [-0.25, -0.2) is 23.2 Å². The first-order valence-electron chi connectivity index (χ1n) is 10.5. The second-order valence-electron chi connectivity index (χ2n) is 8.25. The van der Waals surface area contributed by atoms with Gasteiger partial charge in [0.25, 0.3) is 5.91 Å². The minimum Gasteiger partial charge on any atom is -0.322 e. The number of anilines is 1.